The summed E-state index contributed by atoms with van der Waals surface area (Å²) in [6.45, 7) is 0. The number of hydrogen-bond donors (Lipinski definition) is 2. The number of nitrogens with zero attached hydrogens (tertiary/aromatic N) is 1. The van der Waals surface area contributed by atoms with Crippen LogP contribution >= 0.6 is 0 Å². The standard InChI is InChI=1S/C18H23N3/c19-21-18(20-17-8-2-1-3-9-17)13-14-10-11-15-6-4-5-7-16(15)12-14/h4-7,10-12,17H,1-3,8-9,13,19H2,(H,20,21). The average molecular weight is 281 g/mol. The lowest BCUT2D eigenvalue weighted by molar-refractivity contribution is 0.442. The third kappa shape index (κ3) is 3.61. The van der Waals surface area contributed by atoms with Crippen molar-refractivity contribution in [3.05, 3.63) is 48.0 Å². The Morgan fingerprint density at radius 1 is 1.05 bits per heavy atom. The van der Waals surface area contributed by atoms with Gasteiger partial charge in [-0.25, -0.2) is 5.84 Å². The summed E-state index contributed by atoms with van der Waals surface area (Å²) in [5, 5.41) is 2.54. The van der Waals surface area contributed by atoms with Crippen molar-refractivity contribution < 1.29 is 0 Å². The van der Waals surface area contributed by atoms with Crippen LogP contribution in [0.4, 0.5) is 0 Å². The van der Waals surface area contributed by atoms with Crippen molar-refractivity contribution in [2.45, 2.75) is 44.6 Å². The van der Waals surface area contributed by atoms with Gasteiger partial charge >= 0.3 is 0 Å². The monoisotopic (exact) mass is 281 g/mol. The molecule has 0 radical (unpaired) electrons. The molecule has 110 valence electrons. The molecule has 0 bridgehead atoms. The highest BCUT2D eigenvalue weighted by Gasteiger charge is 2.13. The fourth-order valence-corrected chi connectivity index (χ4v) is 3.11. The van der Waals surface area contributed by atoms with E-state index in [9.17, 15) is 0 Å². The second-order valence-electron chi connectivity index (χ2n) is 5.87. The predicted octanol–water partition coefficient (Wildman–Crippen LogP) is 3.58. The van der Waals surface area contributed by atoms with Crippen LogP contribution < -0.4 is 11.3 Å². The van der Waals surface area contributed by atoms with E-state index in [0.29, 0.717) is 6.04 Å². The number of nitrogens with two attached hydrogens (primary N) is 1. The number of hydrogen-bond acceptors (Lipinski definition) is 2. The summed E-state index contributed by atoms with van der Waals surface area (Å²) in [5.41, 5.74) is 4.05. The van der Waals surface area contributed by atoms with Crippen LogP contribution in [0, 0.1) is 0 Å². The molecule has 0 saturated heterocycles. The molecule has 3 heteroatoms. The van der Waals surface area contributed by atoms with E-state index in [2.05, 4.69) is 47.9 Å². The van der Waals surface area contributed by atoms with Crippen molar-refractivity contribution in [1.29, 1.82) is 0 Å². The van der Waals surface area contributed by atoms with Crippen molar-refractivity contribution in [2.24, 2.45) is 10.8 Å². The molecule has 3 nitrogen and oxygen atoms in total. The highest BCUT2D eigenvalue weighted by molar-refractivity contribution is 5.87. The molecule has 1 aliphatic carbocycles. The minimum atomic E-state index is 0.449. The predicted molar refractivity (Wildman–Crippen MR) is 89.3 cm³/mol. The summed E-state index contributed by atoms with van der Waals surface area (Å²) < 4.78 is 0. The van der Waals surface area contributed by atoms with E-state index >= 15 is 0 Å². The molecule has 2 aromatic rings. The summed E-state index contributed by atoms with van der Waals surface area (Å²) >= 11 is 0. The molecular formula is C18H23N3. The Balaban J connectivity index is 1.76. The van der Waals surface area contributed by atoms with E-state index in [1.807, 2.05) is 0 Å². The second-order valence-corrected chi connectivity index (χ2v) is 5.87. The maximum absolute atomic E-state index is 5.67. The molecular weight excluding hydrogens is 258 g/mol. The zero-order valence-electron chi connectivity index (χ0n) is 12.4. The second kappa shape index (κ2) is 6.72. The van der Waals surface area contributed by atoms with Gasteiger partial charge in [-0.2, -0.15) is 0 Å². The lowest BCUT2D eigenvalue weighted by Gasteiger charge is -2.19. The highest BCUT2D eigenvalue weighted by Crippen LogP contribution is 2.21. The number of fused-ring (bicyclic) bond motifs is 1. The average Bonchev–Trinajstić information content (AvgIpc) is 2.55. The topological polar surface area (TPSA) is 50.4 Å². The van der Waals surface area contributed by atoms with Crippen molar-refractivity contribution in [3.8, 4) is 0 Å². The first-order valence-corrected chi connectivity index (χ1v) is 7.86. The fourth-order valence-electron chi connectivity index (χ4n) is 3.11. The van der Waals surface area contributed by atoms with Crippen LogP contribution in [0.5, 0.6) is 0 Å². The minimum Gasteiger partial charge on any atom is -0.312 e. The number of hydrazine groups is 1. The lowest BCUT2D eigenvalue weighted by Crippen LogP contribution is -2.33. The van der Waals surface area contributed by atoms with Crippen LogP contribution in [0.2, 0.25) is 0 Å². The van der Waals surface area contributed by atoms with E-state index < -0.39 is 0 Å². The van der Waals surface area contributed by atoms with Crippen molar-refractivity contribution in [1.82, 2.24) is 5.43 Å². The van der Waals surface area contributed by atoms with E-state index in [-0.39, 0.29) is 0 Å². The first-order valence-electron chi connectivity index (χ1n) is 7.86. The molecule has 3 N–H and O–H groups in total. The molecule has 1 aliphatic rings. The van der Waals surface area contributed by atoms with E-state index in [0.717, 1.165) is 12.3 Å². The third-order valence-electron chi connectivity index (χ3n) is 4.27. The van der Waals surface area contributed by atoms with Crippen LogP contribution in [0.3, 0.4) is 0 Å². The van der Waals surface area contributed by atoms with Crippen LogP contribution in [0.25, 0.3) is 10.8 Å². The SMILES string of the molecule is NNC(Cc1ccc2ccccc2c1)=NC1CCCCC1. The largest absolute Gasteiger partial charge is 0.312 e. The normalized spacial score (nSPS) is 17.1. The van der Waals surface area contributed by atoms with E-state index in [1.165, 1.54) is 48.4 Å². The van der Waals surface area contributed by atoms with Gasteiger partial charge in [0.2, 0.25) is 0 Å². The summed E-state index contributed by atoms with van der Waals surface area (Å²) in [6, 6.07) is 15.4. The third-order valence-corrected chi connectivity index (χ3v) is 4.27. The van der Waals surface area contributed by atoms with Crippen LogP contribution in [-0.2, 0) is 6.42 Å². The highest BCUT2D eigenvalue weighted by atomic mass is 15.3. The number of nitrogens with one attached hydrogen (secondary N) is 1. The Hall–Kier alpha value is -1.87. The number of amidine groups is 1. The number of benzene rings is 2. The maximum Gasteiger partial charge on any atom is 0.115 e. The fraction of sp³-hybridized carbons (Fsp3) is 0.389. The van der Waals surface area contributed by atoms with Crippen LogP contribution in [-0.4, -0.2) is 11.9 Å². The van der Waals surface area contributed by atoms with Crippen molar-refractivity contribution in [3.63, 3.8) is 0 Å². The summed E-state index contributed by atoms with van der Waals surface area (Å²) in [7, 11) is 0. The lowest BCUT2D eigenvalue weighted by atomic mass is 9.96. The Kier molecular flexibility index (Phi) is 4.51. The summed E-state index contributed by atoms with van der Waals surface area (Å²) in [4.78, 5) is 4.81. The van der Waals surface area contributed by atoms with Gasteiger partial charge in [0, 0.05) is 6.42 Å². The Bertz CT molecular complexity index is 627. The molecule has 0 heterocycles. The molecule has 0 unspecified atom stereocenters. The first kappa shape index (κ1) is 14.1. The van der Waals surface area contributed by atoms with E-state index in [1.54, 1.807) is 0 Å². The smallest absolute Gasteiger partial charge is 0.115 e. The Labute approximate surface area is 126 Å². The molecule has 3 rings (SSSR count). The first-order chi connectivity index (χ1) is 10.3. The van der Waals surface area contributed by atoms with Gasteiger partial charge in [0.25, 0.3) is 0 Å². The molecule has 0 spiro atoms. The molecule has 1 saturated carbocycles. The van der Waals surface area contributed by atoms with Crippen LogP contribution in [0.15, 0.2) is 47.5 Å². The zero-order valence-corrected chi connectivity index (χ0v) is 12.4. The molecule has 0 aliphatic heterocycles. The maximum atomic E-state index is 5.67. The number of rotatable bonds is 3. The summed E-state index contributed by atoms with van der Waals surface area (Å²) in [6.07, 6.45) is 7.11. The molecule has 1 fully saturated rings. The minimum absolute atomic E-state index is 0.449. The number of aliphatic imine (C=N–C) groups is 1. The molecule has 2 aromatic carbocycles. The van der Waals surface area contributed by atoms with Gasteiger partial charge in [0.1, 0.15) is 5.84 Å². The molecule has 0 aromatic heterocycles. The Morgan fingerprint density at radius 2 is 1.81 bits per heavy atom. The Morgan fingerprint density at radius 3 is 2.57 bits per heavy atom. The molecule has 21 heavy (non-hydrogen) atoms. The zero-order chi connectivity index (χ0) is 14.5. The van der Waals surface area contributed by atoms with E-state index in [4.69, 9.17) is 10.8 Å². The molecule has 0 atom stereocenters. The van der Waals surface area contributed by atoms with Gasteiger partial charge in [-0.15, -0.1) is 0 Å². The van der Waals surface area contributed by atoms with Gasteiger partial charge < -0.3 is 5.43 Å². The van der Waals surface area contributed by atoms with Gasteiger partial charge in [0.05, 0.1) is 6.04 Å². The van der Waals surface area contributed by atoms with Gasteiger partial charge in [0.15, 0.2) is 0 Å². The van der Waals surface area contributed by atoms with Crippen molar-refractivity contribution >= 4 is 16.6 Å². The quantitative estimate of drug-likeness (QED) is 0.391. The van der Waals surface area contributed by atoms with Crippen molar-refractivity contribution in [2.75, 3.05) is 0 Å². The summed E-state index contributed by atoms with van der Waals surface area (Å²) in [5.74, 6) is 6.57. The molecule has 0 amide bonds. The van der Waals surface area contributed by atoms with Gasteiger partial charge in [-0.3, -0.25) is 4.99 Å². The van der Waals surface area contributed by atoms with Gasteiger partial charge in [-0.05, 0) is 29.2 Å². The van der Waals surface area contributed by atoms with Crippen LogP contribution in [0.1, 0.15) is 37.7 Å². The van der Waals surface area contributed by atoms with Gasteiger partial charge in [-0.1, -0.05) is 61.7 Å².